The number of halogens is 2. The van der Waals surface area contributed by atoms with Gasteiger partial charge < -0.3 is 30.2 Å². The number of nitrogens with one attached hydrogen (secondary N) is 1. The highest BCUT2D eigenvalue weighted by molar-refractivity contribution is 7.98. The van der Waals surface area contributed by atoms with Gasteiger partial charge in [0.25, 0.3) is 0 Å². The lowest BCUT2D eigenvalue weighted by Crippen LogP contribution is -2.38. The molecule has 19 heteroatoms. The fourth-order valence-electron chi connectivity index (χ4n) is 9.37. The van der Waals surface area contributed by atoms with Crippen LogP contribution in [-0.4, -0.2) is 123 Å². The SMILES string of the molecule is CSc1ncc2c(n1)CCN(c1cc(-c3ncc(C)cc3C)c(Cl)cn1)[C@H]2C.Cc1cnc(-c2cc(N3CCc4nc(N5CCC(O)CC5)ncc4[C@@H]3C)ncc2Cl)c(C)c1.OC1CCNCC1.[B][B]. The van der Waals surface area contributed by atoms with E-state index in [0.29, 0.717) is 10.0 Å². The normalized spacial score (nSPS) is 18.0. The molecule has 14 nitrogen and oxygen atoms in total. The zero-order chi connectivity index (χ0) is 50.1. The van der Waals surface area contributed by atoms with Crippen molar-refractivity contribution >= 4 is 68.0 Å². The number of aliphatic hydroxyl groups is 2. The summed E-state index contributed by atoms with van der Waals surface area (Å²) >= 11 is 14.6. The molecule has 0 aliphatic carbocycles. The van der Waals surface area contributed by atoms with Gasteiger partial charge >= 0.3 is 0 Å². The summed E-state index contributed by atoms with van der Waals surface area (Å²) in [7, 11) is 8.00. The Morgan fingerprint density at radius 1 is 0.600 bits per heavy atom. The molecule has 0 unspecified atom stereocenters. The smallest absolute Gasteiger partial charge is 0.225 e. The zero-order valence-electron chi connectivity index (χ0n) is 41.2. The van der Waals surface area contributed by atoms with E-state index in [1.54, 1.807) is 24.2 Å². The van der Waals surface area contributed by atoms with Crippen LogP contribution in [0.2, 0.25) is 10.0 Å². The Hall–Kier alpha value is -4.90. The quantitative estimate of drug-likeness (QED) is 0.0829. The van der Waals surface area contributed by atoms with E-state index in [1.807, 2.05) is 57.0 Å². The molecule has 10 rings (SSSR count). The van der Waals surface area contributed by atoms with Gasteiger partial charge in [0.1, 0.15) is 11.6 Å². The average molecular weight is 1000 g/mol. The molecule has 3 N–H and O–H groups in total. The molecule has 6 aromatic rings. The van der Waals surface area contributed by atoms with Crippen LogP contribution in [0, 0.1) is 27.7 Å². The van der Waals surface area contributed by atoms with Crippen LogP contribution in [-0.2, 0) is 12.8 Å². The van der Waals surface area contributed by atoms with Crippen molar-refractivity contribution in [3.05, 3.63) is 116 Å². The van der Waals surface area contributed by atoms with Gasteiger partial charge in [0.05, 0.1) is 57.1 Å². The number of hydrogen-bond acceptors (Lipinski definition) is 15. The first-order valence-electron chi connectivity index (χ1n) is 23.9. The lowest BCUT2D eigenvalue weighted by molar-refractivity contribution is 0.137. The van der Waals surface area contributed by atoms with Gasteiger partial charge in [-0.05, 0) is 121 Å². The van der Waals surface area contributed by atoms with Gasteiger partial charge in [-0.3, -0.25) is 9.97 Å². The van der Waals surface area contributed by atoms with Crippen LogP contribution >= 0.6 is 35.0 Å². The average Bonchev–Trinajstić information content (AvgIpc) is 3.36. The fourth-order valence-corrected chi connectivity index (χ4v) is 10.1. The molecule has 2 saturated heterocycles. The Kier molecular flexibility index (Phi) is 18.5. The molecule has 6 aromatic heterocycles. The largest absolute Gasteiger partial charge is 0.393 e. The van der Waals surface area contributed by atoms with E-state index >= 15 is 0 Å². The lowest BCUT2D eigenvalue weighted by Gasteiger charge is -2.36. The van der Waals surface area contributed by atoms with E-state index in [0.717, 1.165) is 168 Å². The number of thioether (sulfide) groups is 1. The van der Waals surface area contributed by atoms with Crippen LogP contribution in [0.3, 0.4) is 0 Å². The fraction of sp³-hybridized carbons (Fsp3) is 0.451. The third kappa shape index (κ3) is 12.6. The highest BCUT2D eigenvalue weighted by atomic mass is 35.5. The topological polar surface area (TPSA) is 165 Å². The number of anilines is 3. The van der Waals surface area contributed by atoms with Crippen molar-refractivity contribution in [3.8, 4) is 22.5 Å². The molecule has 364 valence electrons. The molecule has 0 aromatic carbocycles. The van der Waals surface area contributed by atoms with Crippen LogP contribution in [0.4, 0.5) is 17.6 Å². The number of hydrogen-bond donors (Lipinski definition) is 3. The third-order valence-electron chi connectivity index (χ3n) is 13.2. The molecule has 4 radical (unpaired) electrons. The van der Waals surface area contributed by atoms with Crippen molar-refractivity contribution in [1.29, 1.82) is 0 Å². The maximum atomic E-state index is 9.78. The third-order valence-corrected chi connectivity index (χ3v) is 14.4. The molecule has 2 atom stereocenters. The second kappa shape index (κ2) is 24.5. The van der Waals surface area contributed by atoms with Crippen LogP contribution in [0.15, 0.2) is 66.6 Å². The summed E-state index contributed by atoms with van der Waals surface area (Å²) in [6.45, 7) is 17.8. The monoisotopic (exact) mass is 998 g/mol. The van der Waals surface area contributed by atoms with E-state index in [4.69, 9.17) is 33.3 Å². The van der Waals surface area contributed by atoms with Gasteiger partial charge in [-0.15, -0.1) is 0 Å². The van der Waals surface area contributed by atoms with Gasteiger partial charge in [0, 0.05) is 114 Å². The summed E-state index contributed by atoms with van der Waals surface area (Å²) in [5.41, 5.74) is 12.6. The number of pyridine rings is 4. The molecule has 0 saturated carbocycles. The molecule has 0 amide bonds. The van der Waals surface area contributed by atoms with Crippen molar-refractivity contribution in [2.24, 2.45) is 0 Å². The first-order chi connectivity index (χ1) is 33.8. The minimum atomic E-state index is -0.205. The molecule has 10 heterocycles. The van der Waals surface area contributed by atoms with Gasteiger partial charge in [-0.1, -0.05) is 47.1 Å². The predicted molar refractivity (Wildman–Crippen MR) is 286 cm³/mol. The van der Waals surface area contributed by atoms with E-state index in [9.17, 15) is 5.11 Å². The summed E-state index contributed by atoms with van der Waals surface area (Å²) in [6.07, 6.45) is 18.0. The Morgan fingerprint density at radius 3 is 1.53 bits per heavy atom. The number of piperidine rings is 2. The van der Waals surface area contributed by atoms with Crippen molar-refractivity contribution in [1.82, 2.24) is 45.2 Å². The summed E-state index contributed by atoms with van der Waals surface area (Å²) in [6, 6.07) is 8.58. The second-order valence-electron chi connectivity index (χ2n) is 18.2. The maximum absolute atomic E-state index is 9.78. The van der Waals surface area contributed by atoms with Gasteiger partial charge in [0.2, 0.25) is 5.95 Å². The van der Waals surface area contributed by atoms with Gasteiger partial charge in [-0.25, -0.2) is 29.9 Å². The minimum absolute atomic E-state index is 0.0266. The Bertz CT molecular complexity index is 2730. The van der Waals surface area contributed by atoms with Crippen molar-refractivity contribution in [2.45, 2.75) is 110 Å². The highest BCUT2D eigenvalue weighted by Gasteiger charge is 2.30. The maximum Gasteiger partial charge on any atom is 0.225 e. The van der Waals surface area contributed by atoms with E-state index in [1.165, 1.54) is 0 Å². The van der Waals surface area contributed by atoms with Gasteiger partial charge in [0.15, 0.2) is 5.16 Å². The van der Waals surface area contributed by atoms with Crippen LogP contribution < -0.4 is 20.0 Å². The molecule has 2 fully saturated rings. The van der Waals surface area contributed by atoms with E-state index in [-0.39, 0.29) is 24.3 Å². The predicted octanol–water partition coefficient (Wildman–Crippen LogP) is 8.31. The number of fused-ring (bicyclic) bond motifs is 2. The Balaban J connectivity index is 0.000000177. The van der Waals surface area contributed by atoms with Crippen LogP contribution in [0.1, 0.15) is 96.4 Å². The molecule has 0 spiro atoms. The molecular weight excluding hydrogens is 937 g/mol. The first-order valence-corrected chi connectivity index (χ1v) is 25.9. The van der Waals surface area contributed by atoms with Crippen molar-refractivity contribution in [3.63, 3.8) is 0 Å². The summed E-state index contributed by atoms with van der Waals surface area (Å²) in [5, 5.41) is 23.8. The summed E-state index contributed by atoms with van der Waals surface area (Å²) in [4.78, 5) is 44.0. The number of nitrogens with zero attached hydrogens (tertiary/aromatic N) is 11. The molecular formula is C51H62B2Cl2N12O2S. The molecule has 70 heavy (non-hydrogen) atoms. The van der Waals surface area contributed by atoms with E-state index in [2.05, 4.69) is 110 Å². The van der Waals surface area contributed by atoms with Crippen molar-refractivity contribution < 1.29 is 10.2 Å². The van der Waals surface area contributed by atoms with E-state index < -0.39 is 0 Å². The Labute approximate surface area is 429 Å². The highest BCUT2D eigenvalue weighted by Crippen LogP contribution is 2.38. The number of rotatable bonds is 6. The minimum Gasteiger partial charge on any atom is -0.393 e. The van der Waals surface area contributed by atoms with Gasteiger partial charge in [-0.2, -0.15) is 0 Å². The molecule has 4 aliphatic heterocycles. The number of aryl methyl sites for hydroxylation is 4. The first kappa shape index (κ1) is 52.9. The summed E-state index contributed by atoms with van der Waals surface area (Å²) < 4.78 is 0. The van der Waals surface area contributed by atoms with Crippen LogP contribution in [0.25, 0.3) is 22.5 Å². The molecule has 0 bridgehead atoms. The number of aromatic nitrogens is 8. The number of aliphatic hydroxyl groups excluding tert-OH is 2. The second-order valence-corrected chi connectivity index (χ2v) is 19.8. The lowest BCUT2D eigenvalue weighted by atomic mass is 9.81. The van der Waals surface area contributed by atoms with Crippen molar-refractivity contribution in [2.75, 3.05) is 60.2 Å². The standard InChI is InChI=1S/C25H29ClN6O.C21H22ClN5S.C5H11NO.B2/c1-15-10-16(2)24(28-12-15)19-11-23(27-14-21(19)26)32-9-6-22-20(17(32)3)13-29-25(30-22)31-7-4-18(33)5-8-31;1-12-7-13(2)20(24-9-12)15-8-19(23-11-17(15)22)27-6-5-18-16(14(27)3)10-25-21(26-18)28-4;7-5-1-3-6-4-2-5;1-2/h10-14,17-18,33H,4-9H2,1-3H3;7-11,14H,5-6H2,1-4H3;5-7H,1-4H2;/t17-;14-;;/m00../s1. The zero-order valence-corrected chi connectivity index (χ0v) is 43.5. The van der Waals surface area contributed by atoms with Crippen LogP contribution in [0.5, 0.6) is 0 Å². The summed E-state index contributed by atoms with van der Waals surface area (Å²) in [5.74, 6) is 2.55. The Morgan fingerprint density at radius 2 is 1.07 bits per heavy atom. The molecule has 4 aliphatic rings.